The van der Waals surface area contributed by atoms with Crippen LogP contribution in [0, 0.1) is 0 Å². The van der Waals surface area contributed by atoms with Crippen LogP contribution in [0.25, 0.3) is 6.08 Å². The highest BCUT2D eigenvalue weighted by Crippen LogP contribution is 2.31. The fourth-order valence-corrected chi connectivity index (χ4v) is 2.92. The van der Waals surface area contributed by atoms with Crippen molar-refractivity contribution < 1.29 is 19.0 Å². The molecule has 2 heterocycles. The summed E-state index contributed by atoms with van der Waals surface area (Å²) in [6.07, 6.45) is 4.88. The monoisotopic (exact) mass is 303 g/mol. The van der Waals surface area contributed by atoms with Gasteiger partial charge in [-0.05, 0) is 12.1 Å². The largest absolute Gasteiger partial charge is 0.496 e. The first-order valence-electron chi connectivity index (χ1n) is 7.60. The molecule has 0 atom stereocenters. The molecule has 118 valence electrons. The molecular weight excluding hydrogens is 282 g/mol. The molecule has 1 aromatic carbocycles. The van der Waals surface area contributed by atoms with Crippen LogP contribution >= 0.6 is 0 Å². The topological polar surface area (TPSA) is 48.0 Å². The van der Waals surface area contributed by atoms with Gasteiger partial charge in [-0.15, -0.1) is 0 Å². The highest BCUT2D eigenvalue weighted by atomic mass is 16.7. The van der Waals surface area contributed by atoms with Crippen LogP contribution in [0.1, 0.15) is 18.4 Å². The molecule has 22 heavy (non-hydrogen) atoms. The Morgan fingerprint density at radius 3 is 2.59 bits per heavy atom. The molecule has 0 aromatic heterocycles. The number of methoxy groups -OCH3 is 1. The maximum Gasteiger partial charge on any atom is 0.246 e. The van der Waals surface area contributed by atoms with E-state index >= 15 is 0 Å². The van der Waals surface area contributed by atoms with Crippen LogP contribution in [0.5, 0.6) is 5.75 Å². The summed E-state index contributed by atoms with van der Waals surface area (Å²) in [6, 6.07) is 7.63. The Morgan fingerprint density at radius 1 is 1.23 bits per heavy atom. The lowest BCUT2D eigenvalue weighted by atomic mass is 10.0. The van der Waals surface area contributed by atoms with Gasteiger partial charge in [0.2, 0.25) is 5.91 Å². The average molecular weight is 303 g/mol. The third kappa shape index (κ3) is 3.15. The number of nitrogens with zero attached hydrogens (tertiary/aromatic N) is 1. The molecule has 0 unspecified atom stereocenters. The maximum atomic E-state index is 12.3. The maximum absolute atomic E-state index is 12.3. The Balaban J connectivity index is 1.59. The highest BCUT2D eigenvalue weighted by molar-refractivity contribution is 5.92. The summed E-state index contributed by atoms with van der Waals surface area (Å²) in [6.45, 7) is 2.63. The van der Waals surface area contributed by atoms with E-state index in [9.17, 15) is 4.79 Å². The molecule has 3 rings (SSSR count). The number of carbonyl (C=O) groups is 1. The summed E-state index contributed by atoms with van der Waals surface area (Å²) in [4.78, 5) is 14.1. The number of likely N-dealkylation sites (tertiary alicyclic amines) is 1. The molecular formula is C17H21NO4. The van der Waals surface area contributed by atoms with E-state index in [1.54, 1.807) is 19.3 Å². The van der Waals surface area contributed by atoms with Gasteiger partial charge in [-0.25, -0.2) is 0 Å². The zero-order chi connectivity index (χ0) is 15.4. The zero-order valence-corrected chi connectivity index (χ0v) is 12.8. The summed E-state index contributed by atoms with van der Waals surface area (Å²) >= 11 is 0. The van der Waals surface area contributed by atoms with E-state index in [2.05, 4.69) is 0 Å². The number of ether oxygens (including phenoxy) is 3. The fraction of sp³-hybridized carbons (Fsp3) is 0.471. The minimum absolute atomic E-state index is 0.0127. The van der Waals surface area contributed by atoms with Crippen LogP contribution in [0.15, 0.2) is 30.3 Å². The summed E-state index contributed by atoms with van der Waals surface area (Å²) in [7, 11) is 1.63. The third-order valence-corrected chi connectivity index (χ3v) is 4.19. The molecule has 0 aliphatic carbocycles. The first-order chi connectivity index (χ1) is 10.7. The van der Waals surface area contributed by atoms with E-state index in [1.807, 2.05) is 29.2 Å². The molecule has 2 saturated heterocycles. The van der Waals surface area contributed by atoms with Gasteiger partial charge in [0, 0.05) is 37.6 Å². The SMILES string of the molecule is COc1ccccc1/C=C/C(=O)N1CCC2(CC1)OCCO2. The lowest BCUT2D eigenvalue weighted by Gasteiger charge is -2.37. The molecule has 1 aromatic rings. The molecule has 2 aliphatic heterocycles. The molecule has 1 amide bonds. The minimum atomic E-state index is -0.441. The van der Waals surface area contributed by atoms with Crippen LogP contribution in [0.2, 0.25) is 0 Å². The molecule has 5 nitrogen and oxygen atoms in total. The van der Waals surface area contributed by atoms with Crippen LogP contribution in [-0.2, 0) is 14.3 Å². The van der Waals surface area contributed by atoms with Crippen LogP contribution in [0.4, 0.5) is 0 Å². The lowest BCUT2D eigenvalue weighted by molar-refractivity contribution is -0.186. The van der Waals surface area contributed by atoms with Gasteiger partial charge in [0.05, 0.1) is 20.3 Å². The predicted octanol–water partition coefficient (Wildman–Crippen LogP) is 2.07. The molecule has 0 N–H and O–H groups in total. The van der Waals surface area contributed by atoms with Crippen molar-refractivity contribution in [2.24, 2.45) is 0 Å². The Morgan fingerprint density at radius 2 is 1.91 bits per heavy atom. The van der Waals surface area contributed by atoms with E-state index in [0.717, 1.165) is 24.2 Å². The standard InChI is InChI=1S/C17H21NO4/c1-20-15-5-3-2-4-14(15)6-7-16(19)18-10-8-17(9-11-18)21-12-13-22-17/h2-7H,8-13H2,1H3/b7-6+. The summed E-state index contributed by atoms with van der Waals surface area (Å²) in [5.41, 5.74) is 0.897. The van der Waals surface area contributed by atoms with Crippen molar-refractivity contribution in [2.75, 3.05) is 33.4 Å². The Kier molecular flexibility index (Phi) is 4.45. The van der Waals surface area contributed by atoms with Crippen molar-refractivity contribution in [3.8, 4) is 5.75 Å². The highest BCUT2D eigenvalue weighted by Gasteiger charge is 2.40. The zero-order valence-electron chi connectivity index (χ0n) is 12.8. The number of carbonyl (C=O) groups excluding carboxylic acids is 1. The predicted molar refractivity (Wildman–Crippen MR) is 82.5 cm³/mol. The van der Waals surface area contributed by atoms with Crippen molar-refractivity contribution >= 4 is 12.0 Å². The van der Waals surface area contributed by atoms with Gasteiger partial charge < -0.3 is 19.1 Å². The fourth-order valence-electron chi connectivity index (χ4n) is 2.92. The smallest absolute Gasteiger partial charge is 0.246 e. The van der Waals surface area contributed by atoms with Gasteiger partial charge in [-0.3, -0.25) is 4.79 Å². The summed E-state index contributed by atoms with van der Waals surface area (Å²) < 4.78 is 16.6. The van der Waals surface area contributed by atoms with Gasteiger partial charge in [0.25, 0.3) is 0 Å². The van der Waals surface area contributed by atoms with Crippen molar-refractivity contribution in [3.63, 3.8) is 0 Å². The normalized spacial score (nSPS) is 20.7. The molecule has 1 spiro atoms. The number of rotatable bonds is 3. The number of para-hydroxylation sites is 1. The summed E-state index contributed by atoms with van der Waals surface area (Å²) in [5, 5.41) is 0. The Labute approximate surface area is 130 Å². The number of amides is 1. The second-order valence-corrected chi connectivity index (χ2v) is 5.51. The third-order valence-electron chi connectivity index (χ3n) is 4.19. The minimum Gasteiger partial charge on any atom is -0.496 e. The molecule has 0 saturated carbocycles. The number of hydrogen-bond acceptors (Lipinski definition) is 4. The van der Waals surface area contributed by atoms with Gasteiger partial charge in [-0.2, -0.15) is 0 Å². The van der Waals surface area contributed by atoms with Crippen molar-refractivity contribution in [1.82, 2.24) is 4.90 Å². The first-order valence-corrected chi connectivity index (χ1v) is 7.60. The van der Waals surface area contributed by atoms with Crippen LogP contribution < -0.4 is 4.74 Å². The lowest BCUT2D eigenvalue weighted by Crippen LogP contribution is -2.46. The molecule has 2 fully saturated rings. The van der Waals surface area contributed by atoms with E-state index in [1.165, 1.54) is 0 Å². The molecule has 0 radical (unpaired) electrons. The van der Waals surface area contributed by atoms with Crippen molar-refractivity contribution in [3.05, 3.63) is 35.9 Å². The average Bonchev–Trinajstić information content (AvgIpc) is 3.01. The summed E-state index contributed by atoms with van der Waals surface area (Å²) in [5.74, 6) is 0.332. The van der Waals surface area contributed by atoms with Gasteiger partial charge in [0.15, 0.2) is 5.79 Å². The first kappa shape index (κ1) is 15.1. The second-order valence-electron chi connectivity index (χ2n) is 5.51. The molecule has 2 aliphatic rings. The molecule has 0 bridgehead atoms. The van der Waals surface area contributed by atoms with E-state index in [4.69, 9.17) is 14.2 Å². The van der Waals surface area contributed by atoms with Crippen LogP contribution in [0.3, 0.4) is 0 Å². The Bertz CT molecular complexity index is 554. The van der Waals surface area contributed by atoms with Gasteiger partial charge in [0.1, 0.15) is 5.75 Å². The number of benzene rings is 1. The number of piperidine rings is 1. The van der Waals surface area contributed by atoms with Crippen molar-refractivity contribution in [1.29, 1.82) is 0 Å². The second kappa shape index (κ2) is 6.50. The van der Waals surface area contributed by atoms with E-state index in [-0.39, 0.29) is 5.91 Å². The van der Waals surface area contributed by atoms with Gasteiger partial charge >= 0.3 is 0 Å². The van der Waals surface area contributed by atoms with Crippen LogP contribution in [-0.4, -0.2) is 50.0 Å². The van der Waals surface area contributed by atoms with E-state index in [0.29, 0.717) is 26.3 Å². The molecule has 5 heteroatoms. The van der Waals surface area contributed by atoms with Gasteiger partial charge in [-0.1, -0.05) is 18.2 Å². The quantitative estimate of drug-likeness (QED) is 0.802. The van der Waals surface area contributed by atoms with Crippen molar-refractivity contribution in [2.45, 2.75) is 18.6 Å². The number of hydrogen-bond donors (Lipinski definition) is 0. The Hall–Kier alpha value is -1.85. The van der Waals surface area contributed by atoms with E-state index < -0.39 is 5.79 Å².